The minimum absolute atomic E-state index is 0.0853. The van der Waals surface area contributed by atoms with Crippen molar-refractivity contribution in [2.75, 3.05) is 6.54 Å². The Balaban J connectivity index is 1.51. The van der Waals surface area contributed by atoms with Crippen LogP contribution in [0.1, 0.15) is 40.2 Å². The number of aromatic amines is 1. The lowest BCUT2D eigenvalue weighted by Crippen LogP contribution is -2.32. The molecule has 4 rings (SSSR count). The third-order valence-electron chi connectivity index (χ3n) is 4.50. The van der Waals surface area contributed by atoms with Gasteiger partial charge in [-0.15, -0.1) is 0 Å². The van der Waals surface area contributed by atoms with Gasteiger partial charge in [0.25, 0.3) is 5.91 Å². The summed E-state index contributed by atoms with van der Waals surface area (Å²) in [6.45, 7) is 2.83. The molecule has 0 saturated carbocycles. The molecule has 0 spiro atoms. The summed E-state index contributed by atoms with van der Waals surface area (Å²) in [6.07, 6.45) is 2.06. The molecule has 0 bridgehead atoms. The second-order valence-corrected chi connectivity index (χ2v) is 6.38. The summed E-state index contributed by atoms with van der Waals surface area (Å²) in [7, 11) is 0. The Labute approximate surface area is 151 Å². The van der Waals surface area contributed by atoms with E-state index in [0.717, 1.165) is 11.4 Å². The first-order valence-corrected chi connectivity index (χ1v) is 8.59. The first-order chi connectivity index (χ1) is 12.7. The average Bonchev–Trinajstić information content (AvgIpc) is 3.40. The van der Waals surface area contributed by atoms with Crippen molar-refractivity contribution in [1.82, 2.24) is 20.1 Å². The van der Waals surface area contributed by atoms with Crippen molar-refractivity contribution in [3.05, 3.63) is 71.7 Å². The molecule has 0 unspecified atom stereocenters. The number of hydrogen-bond donors (Lipinski definition) is 1. The van der Waals surface area contributed by atoms with Crippen molar-refractivity contribution < 1.29 is 13.9 Å². The van der Waals surface area contributed by atoms with Crippen LogP contribution >= 0.6 is 0 Å². The molecule has 26 heavy (non-hydrogen) atoms. The summed E-state index contributed by atoms with van der Waals surface area (Å²) in [5.41, 5.74) is 1.11. The number of ether oxygens (including phenoxy) is 1. The highest BCUT2D eigenvalue weighted by Gasteiger charge is 2.40. The van der Waals surface area contributed by atoms with Gasteiger partial charge in [-0.2, -0.15) is 5.10 Å². The summed E-state index contributed by atoms with van der Waals surface area (Å²) in [5, 5.41) is 7.10. The monoisotopic (exact) mass is 352 g/mol. The maximum absolute atomic E-state index is 12.8. The van der Waals surface area contributed by atoms with E-state index in [1.54, 1.807) is 17.0 Å². The predicted molar refractivity (Wildman–Crippen MR) is 93.2 cm³/mol. The molecule has 3 aromatic rings. The number of carbonyl (C=O) groups excluding carboxylic acids is 1. The molecular weight excluding hydrogens is 332 g/mol. The van der Waals surface area contributed by atoms with Gasteiger partial charge in [-0.1, -0.05) is 30.3 Å². The molecular formula is C19H20N4O3. The molecule has 0 radical (unpaired) electrons. The fraction of sp³-hybridized carbons (Fsp3) is 0.316. The highest BCUT2D eigenvalue weighted by molar-refractivity contribution is 5.92. The van der Waals surface area contributed by atoms with E-state index in [1.165, 1.54) is 6.26 Å². The number of nitrogens with one attached hydrogen (secondary N) is 1. The molecule has 1 amide bonds. The summed E-state index contributed by atoms with van der Waals surface area (Å²) in [4.78, 5) is 19.0. The van der Waals surface area contributed by atoms with E-state index < -0.39 is 0 Å². The standard InChI is InChI=1S/C19H20N4O3/c1-13-20-18(22-21-13)16-10-15(26-12-14-6-3-2-4-7-14)11-23(16)19(24)17-8-5-9-25-17/h2-9,15-16H,10-12H2,1H3,(H,20,21,22)/t15-,16-/m0/s1. The second-order valence-electron chi connectivity index (χ2n) is 6.38. The Bertz CT molecular complexity index is 860. The normalized spacial score (nSPS) is 19.8. The largest absolute Gasteiger partial charge is 0.459 e. The number of benzene rings is 1. The van der Waals surface area contributed by atoms with Gasteiger partial charge in [-0.25, -0.2) is 4.98 Å². The molecule has 134 valence electrons. The van der Waals surface area contributed by atoms with Crippen LogP contribution in [0.25, 0.3) is 0 Å². The minimum Gasteiger partial charge on any atom is -0.459 e. The van der Waals surface area contributed by atoms with E-state index in [-0.39, 0.29) is 18.1 Å². The SMILES string of the molecule is Cc1nc([C@@H]2C[C@H](OCc3ccccc3)CN2C(=O)c2ccco2)n[nH]1. The number of hydrogen-bond acceptors (Lipinski definition) is 5. The van der Waals surface area contributed by atoms with E-state index in [9.17, 15) is 4.79 Å². The number of aromatic nitrogens is 3. The number of H-pyrrole nitrogens is 1. The van der Waals surface area contributed by atoms with E-state index >= 15 is 0 Å². The lowest BCUT2D eigenvalue weighted by molar-refractivity contribution is 0.0430. The van der Waals surface area contributed by atoms with Gasteiger partial charge in [0.1, 0.15) is 5.82 Å². The maximum atomic E-state index is 12.8. The number of furan rings is 1. The third-order valence-corrected chi connectivity index (χ3v) is 4.50. The summed E-state index contributed by atoms with van der Waals surface area (Å²) in [6, 6.07) is 13.1. The van der Waals surface area contributed by atoms with E-state index in [4.69, 9.17) is 9.15 Å². The molecule has 2 atom stereocenters. The lowest BCUT2D eigenvalue weighted by atomic mass is 10.2. The molecule has 7 heteroatoms. The Morgan fingerprint density at radius 1 is 1.31 bits per heavy atom. The minimum atomic E-state index is -0.238. The number of nitrogens with zero attached hydrogens (tertiary/aromatic N) is 3. The van der Waals surface area contributed by atoms with Gasteiger partial charge in [0.05, 0.1) is 25.0 Å². The van der Waals surface area contributed by atoms with Crippen LogP contribution in [-0.2, 0) is 11.3 Å². The molecule has 1 N–H and O–H groups in total. The van der Waals surface area contributed by atoms with Crippen molar-refractivity contribution in [2.45, 2.75) is 32.1 Å². The molecule has 1 aliphatic rings. The lowest BCUT2D eigenvalue weighted by Gasteiger charge is -2.21. The van der Waals surface area contributed by atoms with Crippen molar-refractivity contribution in [2.24, 2.45) is 0 Å². The van der Waals surface area contributed by atoms with Gasteiger partial charge < -0.3 is 14.1 Å². The van der Waals surface area contributed by atoms with Crippen molar-refractivity contribution in [1.29, 1.82) is 0 Å². The van der Waals surface area contributed by atoms with Crippen molar-refractivity contribution in [3.63, 3.8) is 0 Å². The zero-order valence-corrected chi connectivity index (χ0v) is 14.5. The number of amides is 1. The van der Waals surface area contributed by atoms with Gasteiger partial charge in [0, 0.05) is 13.0 Å². The third kappa shape index (κ3) is 3.39. The van der Waals surface area contributed by atoms with Crippen molar-refractivity contribution in [3.8, 4) is 0 Å². The summed E-state index contributed by atoms with van der Waals surface area (Å²) < 4.78 is 11.3. The van der Waals surface area contributed by atoms with Crippen LogP contribution in [-0.4, -0.2) is 38.6 Å². The van der Waals surface area contributed by atoms with Crippen LogP contribution in [0.4, 0.5) is 0 Å². The number of likely N-dealkylation sites (tertiary alicyclic amines) is 1. The van der Waals surface area contributed by atoms with Crippen LogP contribution < -0.4 is 0 Å². The van der Waals surface area contributed by atoms with Gasteiger partial charge in [-0.05, 0) is 24.6 Å². The fourth-order valence-electron chi connectivity index (χ4n) is 3.23. The zero-order valence-electron chi connectivity index (χ0n) is 14.5. The Morgan fingerprint density at radius 2 is 2.15 bits per heavy atom. The molecule has 1 fully saturated rings. The van der Waals surface area contributed by atoms with E-state index in [1.807, 2.05) is 37.3 Å². The smallest absolute Gasteiger partial charge is 0.290 e. The molecule has 3 heterocycles. The van der Waals surface area contributed by atoms with Crippen LogP contribution in [0.3, 0.4) is 0 Å². The van der Waals surface area contributed by atoms with E-state index in [0.29, 0.717) is 31.2 Å². The average molecular weight is 352 g/mol. The van der Waals surface area contributed by atoms with Crippen LogP contribution in [0.5, 0.6) is 0 Å². The summed E-state index contributed by atoms with van der Waals surface area (Å²) in [5.74, 6) is 1.46. The highest BCUT2D eigenvalue weighted by Crippen LogP contribution is 2.33. The predicted octanol–water partition coefficient (Wildman–Crippen LogP) is 2.88. The van der Waals surface area contributed by atoms with Crippen LogP contribution in [0.2, 0.25) is 0 Å². The number of aryl methyl sites for hydroxylation is 1. The van der Waals surface area contributed by atoms with Gasteiger partial charge in [-0.3, -0.25) is 9.89 Å². The molecule has 2 aromatic heterocycles. The first kappa shape index (κ1) is 16.5. The fourth-order valence-corrected chi connectivity index (χ4v) is 3.23. The van der Waals surface area contributed by atoms with Crippen molar-refractivity contribution >= 4 is 5.91 Å². The maximum Gasteiger partial charge on any atom is 0.290 e. The molecule has 1 aromatic carbocycles. The van der Waals surface area contributed by atoms with Crippen LogP contribution in [0.15, 0.2) is 53.1 Å². The Kier molecular flexibility index (Phi) is 4.53. The van der Waals surface area contributed by atoms with Crippen LogP contribution in [0, 0.1) is 6.92 Å². The molecule has 1 aliphatic heterocycles. The van der Waals surface area contributed by atoms with E-state index in [2.05, 4.69) is 15.2 Å². The zero-order chi connectivity index (χ0) is 17.9. The molecule has 0 aliphatic carbocycles. The Hall–Kier alpha value is -2.93. The van der Waals surface area contributed by atoms with Gasteiger partial charge in [0.2, 0.25) is 0 Å². The topological polar surface area (TPSA) is 84.2 Å². The highest BCUT2D eigenvalue weighted by atomic mass is 16.5. The quantitative estimate of drug-likeness (QED) is 0.763. The van der Waals surface area contributed by atoms with Gasteiger partial charge in [0.15, 0.2) is 11.6 Å². The molecule has 1 saturated heterocycles. The number of carbonyl (C=O) groups is 1. The van der Waals surface area contributed by atoms with Gasteiger partial charge >= 0.3 is 0 Å². The number of rotatable bonds is 5. The summed E-state index contributed by atoms with van der Waals surface area (Å²) >= 11 is 0. The molecule has 7 nitrogen and oxygen atoms in total. The first-order valence-electron chi connectivity index (χ1n) is 8.59. The second kappa shape index (κ2) is 7.13. The Morgan fingerprint density at radius 3 is 2.85 bits per heavy atom.